The highest BCUT2D eigenvalue weighted by Gasteiger charge is 2.22. The molecule has 20 heavy (non-hydrogen) atoms. The second-order valence-electron chi connectivity index (χ2n) is 6.94. The van der Waals surface area contributed by atoms with Crippen LogP contribution in [0.2, 0.25) is 0 Å². The molecule has 0 saturated carbocycles. The first-order valence-electron chi connectivity index (χ1n) is 7.48. The standard InChI is InChI=1S/C19H27N/c1-13-11-18(15(3)14(13)2)17-10-8-7-9-16(17)12-20-19(4,5)6/h7-11,18,20H,12H2,1-6H3. The van der Waals surface area contributed by atoms with Gasteiger partial charge in [0.15, 0.2) is 0 Å². The van der Waals surface area contributed by atoms with E-state index in [2.05, 4.69) is 77.2 Å². The predicted octanol–water partition coefficient (Wildman–Crippen LogP) is 4.95. The molecule has 0 heterocycles. The molecular formula is C19H27N. The second-order valence-corrected chi connectivity index (χ2v) is 6.94. The van der Waals surface area contributed by atoms with Crippen LogP contribution in [0.5, 0.6) is 0 Å². The molecular weight excluding hydrogens is 242 g/mol. The van der Waals surface area contributed by atoms with E-state index in [1.165, 1.54) is 27.8 Å². The Morgan fingerprint density at radius 3 is 2.25 bits per heavy atom. The van der Waals surface area contributed by atoms with Crippen molar-refractivity contribution in [3.05, 3.63) is 58.2 Å². The first-order chi connectivity index (χ1) is 9.29. The summed E-state index contributed by atoms with van der Waals surface area (Å²) in [7, 11) is 0. The zero-order chi connectivity index (χ0) is 14.9. The van der Waals surface area contributed by atoms with Crippen LogP contribution in [0.1, 0.15) is 58.6 Å². The normalized spacial score (nSPS) is 19.5. The lowest BCUT2D eigenvalue weighted by Gasteiger charge is -2.23. The quantitative estimate of drug-likeness (QED) is 0.818. The molecule has 108 valence electrons. The molecule has 1 aromatic carbocycles. The maximum atomic E-state index is 3.60. The molecule has 0 aliphatic heterocycles. The van der Waals surface area contributed by atoms with Crippen LogP contribution in [0.15, 0.2) is 47.1 Å². The predicted molar refractivity (Wildman–Crippen MR) is 87.9 cm³/mol. The lowest BCUT2D eigenvalue weighted by Crippen LogP contribution is -2.35. The molecule has 1 nitrogen and oxygen atoms in total. The topological polar surface area (TPSA) is 12.0 Å². The minimum absolute atomic E-state index is 0.148. The van der Waals surface area contributed by atoms with Gasteiger partial charge in [-0.3, -0.25) is 0 Å². The Morgan fingerprint density at radius 2 is 1.70 bits per heavy atom. The van der Waals surface area contributed by atoms with Crippen molar-refractivity contribution in [2.45, 2.75) is 59.5 Å². The van der Waals surface area contributed by atoms with Crippen LogP contribution in [-0.4, -0.2) is 5.54 Å². The SMILES string of the molecule is CC1=CC(c2ccccc2CNC(C)(C)C)C(C)=C1C. The summed E-state index contributed by atoms with van der Waals surface area (Å²) in [6.45, 7) is 14.3. The molecule has 0 spiro atoms. The summed E-state index contributed by atoms with van der Waals surface area (Å²) < 4.78 is 0. The Kier molecular flexibility index (Phi) is 4.19. The van der Waals surface area contributed by atoms with Gasteiger partial charge in [0, 0.05) is 18.0 Å². The van der Waals surface area contributed by atoms with Crippen molar-refractivity contribution in [3.63, 3.8) is 0 Å². The highest BCUT2D eigenvalue weighted by molar-refractivity contribution is 5.51. The van der Waals surface area contributed by atoms with Gasteiger partial charge >= 0.3 is 0 Å². The van der Waals surface area contributed by atoms with Crippen molar-refractivity contribution >= 4 is 0 Å². The molecule has 2 rings (SSSR count). The Labute approximate surface area is 123 Å². The summed E-state index contributed by atoms with van der Waals surface area (Å²) in [6, 6.07) is 8.81. The molecule has 1 atom stereocenters. The van der Waals surface area contributed by atoms with Crippen LogP contribution in [0.3, 0.4) is 0 Å². The van der Waals surface area contributed by atoms with Gasteiger partial charge in [0.1, 0.15) is 0 Å². The molecule has 1 aliphatic rings. The number of allylic oxidation sites excluding steroid dienone is 4. The van der Waals surface area contributed by atoms with Crippen molar-refractivity contribution in [1.82, 2.24) is 5.32 Å². The molecule has 0 radical (unpaired) electrons. The van der Waals surface area contributed by atoms with E-state index in [0.29, 0.717) is 5.92 Å². The van der Waals surface area contributed by atoms with Crippen molar-refractivity contribution < 1.29 is 0 Å². The summed E-state index contributed by atoms with van der Waals surface area (Å²) in [4.78, 5) is 0. The highest BCUT2D eigenvalue weighted by Crippen LogP contribution is 2.38. The van der Waals surface area contributed by atoms with Crippen LogP contribution in [0.4, 0.5) is 0 Å². The molecule has 0 bridgehead atoms. The van der Waals surface area contributed by atoms with Gasteiger partial charge < -0.3 is 5.32 Å². The van der Waals surface area contributed by atoms with Gasteiger partial charge in [0.05, 0.1) is 0 Å². The third-order valence-electron chi connectivity index (χ3n) is 4.27. The van der Waals surface area contributed by atoms with Crippen LogP contribution >= 0.6 is 0 Å². The zero-order valence-corrected chi connectivity index (χ0v) is 13.7. The molecule has 1 aliphatic carbocycles. The minimum atomic E-state index is 0.148. The van der Waals surface area contributed by atoms with Crippen molar-refractivity contribution in [2.75, 3.05) is 0 Å². The average Bonchev–Trinajstić information content (AvgIpc) is 2.64. The molecule has 1 unspecified atom stereocenters. The molecule has 0 fully saturated rings. The number of benzene rings is 1. The first kappa shape index (κ1) is 15.1. The van der Waals surface area contributed by atoms with Crippen molar-refractivity contribution in [1.29, 1.82) is 0 Å². The van der Waals surface area contributed by atoms with E-state index in [9.17, 15) is 0 Å². The van der Waals surface area contributed by atoms with Crippen LogP contribution in [0, 0.1) is 0 Å². The fourth-order valence-corrected chi connectivity index (χ4v) is 2.73. The van der Waals surface area contributed by atoms with E-state index in [0.717, 1.165) is 6.54 Å². The smallest absolute Gasteiger partial charge is 0.0240 e. The summed E-state index contributed by atoms with van der Waals surface area (Å²) in [5.74, 6) is 0.452. The summed E-state index contributed by atoms with van der Waals surface area (Å²) >= 11 is 0. The van der Waals surface area contributed by atoms with E-state index in [-0.39, 0.29) is 5.54 Å². The fraction of sp³-hybridized carbons (Fsp3) is 0.474. The zero-order valence-electron chi connectivity index (χ0n) is 13.7. The highest BCUT2D eigenvalue weighted by atomic mass is 14.9. The van der Waals surface area contributed by atoms with E-state index in [4.69, 9.17) is 0 Å². The van der Waals surface area contributed by atoms with Gasteiger partial charge in [0.2, 0.25) is 0 Å². The maximum absolute atomic E-state index is 3.60. The average molecular weight is 269 g/mol. The van der Waals surface area contributed by atoms with E-state index < -0.39 is 0 Å². The Hall–Kier alpha value is -1.34. The number of hydrogen-bond acceptors (Lipinski definition) is 1. The van der Waals surface area contributed by atoms with E-state index in [1.807, 2.05) is 0 Å². The van der Waals surface area contributed by atoms with Crippen LogP contribution in [0.25, 0.3) is 0 Å². The first-order valence-corrected chi connectivity index (χ1v) is 7.48. The van der Waals surface area contributed by atoms with Crippen LogP contribution in [-0.2, 0) is 6.54 Å². The van der Waals surface area contributed by atoms with Crippen molar-refractivity contribution in [3.8, 4) is 0 Å². The molecule has 1 N–H and O–H groups in total. The lowest BCUT2D eigenvalue weighted by atomic mass is 9.90. The lowest BCUT2D eigenvalue weighted by molar-refractivity contribution is 0.423. The molecule has 0 saturated heterocycles. The number of rotatable bonds is 3. The molecule has 0 aromatic heterocycles. The fourth-order valence-electron chi connectivity index (χ4n) is 2.73. The Balaban J connectivity index is 2.30. The minimum Gasteiger partial charge on any atom is -0.308 e. The third-order valence-corrected chi connectivity index (χ3v) is 4.27. The molecule has 0 amide bonds. The van der Waals surface area contributed by atoms with Gasteiger partial charge in [-0.2, -0.15) is 0 Å². The Bertz CT molecular complexity index is 555. The maximum Gasteiger partial charge on any atom is 0.0240 e. The molecule has 1 aromatic rings. The number of nitrogens with one attached hydrogen (secondary N) is 1. The van der Waals surface area contributed by atoms with Crippen LogP contribution < -0.4 is 5.32 Å². The summed E-state index contributed by atoms with van der Waals surface area (Å²) in [5, 5.41) is 3.60. The van der Waals surface area contributed by atoms with Gasteiger partial charge in [-0.1, -0.05) is 41.5 Å². The number of hydrogen-bond donors (Lipinski definition) is 1. The Morgan fingerprint density at radius 1 is 1.05 bits per heavy atom. The second kappa shape index (κ2) is 5.57. The van der Waals surface area contributed by atoms with E-state index in [1.54, 1.807) is 0 Å². The van der Waals surface area contributed by atoms with Gasteiger partial charge in [-0.25, -0.2) is 0 Å². The largest absolute Gasteiger partial charge is 0.308 e. The van der Waals surface area contributed by atoms with Crippen molar-refractivity contribution in [2.24, 2.45) is 0 Å². The van der Waals surface area contributed by atoms with E-state index >= 15 is 0 Å². The van der Waals surface area contributed by atoms with Gasteiger partial charge in [-0.05, 0) is 58.2 Å². The third kappa shape index (κ3) is 3.21. The summed E-state index contributed by atoms with van der Waals surface area (Å²) in [6.07, 6.45) is 2.40. The monoisotopic (exact) mass is 269 g/mol. The molecule has 1 heteroatoms. The van der Waals surface area contributed by atoms with Gasteiger partial charge in [0.25, 0.3) is 0 Å². The van der Waals surface area contributed by atoms with Gasteiger partial charge in [-0.15, -0.1) is 0 Å². The summed E-state index contributed by atoms with van der Waals surface area (Å²) in [5.41, 5.74) is 7.36.